The summed E-state index contributed by atoms with van der Waals surface area (Å²) >= 11 is 1.68. The zero-order valence-corrected chi connectivity index (χ0v) is 8.31. The predicted octanol–water partition coefficient (Wildman–Crippen LogP) is 2.29. The van der Waals surface area contributed by atoms with Crippen LogP contribution in [0, 0.1) is 0 Å². The third kappa shape index (κ3) is 1.49. The first-order chi connectivity index (χ1) is 6.33. The number of fused-ring (bicyclic) bond motifs is 1. The molecule has 4 heteroatoms. The average molecular weight is 194 g/mol. The molecular formula is C9H10N2OS. The number of H-pyrrole nitrogens is 1. The molecule has 2 aromatic rings. The maximum absolute atomic E-state index is 5.03. The van der Waals surface area contributed by atoms with Crippen LogP contribution in [0.4, 0.5) is 0 Å². The van der Waals surface area contributed by atoms with Crippen LogP contribution in [-0.4, -0.2) is 23.3 Å². The number of nitrogens with zero attached hydrogens (tertiary/aromatic N) is 1. The van der Waals surface area contributed by atoms with Gasteiger partial charge in [-0.1, -0.05) is 0 Å². The van der Waals surface area contributed by atoms with Gasteiger partial charge in [0.25, 0.3) is 0 Å². The second-order valence-corrected chi connectivity index (χ2v) is 3.50. The largest absolute Gasteiger partial charge is 0.481 e. The second kappa shape index (κ2) is 3.30. The van der Waals surface area contributed by atoms with Crippen LogP contribution in [0.25, 0.3) is 10.9 Å². The van der Waals surface area contributed by atoms with Crippen molar-refractivity contribution in [2.75, 3.05) is 13.4 Å². The number of ether oxygens (including phenoxy) is 1. The molecule has 13 heavy (non-hydrogen) atoms. The Bertz CT molecular complexity index is 422. The molecule has 0 saturated carbocycles. The van der Waals surface area contributed by atoms with E-state index in [1.54, 1.807) is 25.1 Å². The Labute approximate surface area is 80.5 Å². The smallest absolute Gasteiger partial charge is 0.213 e. The molecule has 1 N–H and O–H groups in total. The minimum absolute atomic E-state index is 0.652. The Morgan fingerprint density at radius 1 is 1.46 bits per heavy atom. The van der Waals surface area contributed by atoms with E-state index in [1.807, 2.05) is 12.3 Å². The van der Waals surface area contributed by atoms with Crippen molar-refractivity contribution in [3.05, 3.63) is 18.3 Å². The lowest BCUT2D eigenvalue weighted by molar-refractivity contribution is 0.399. The standard InChI is InChI=1S/C9H10N2OS/c1-12-8-3-6-4-9(13-2)11-7(6)5-10-8/h3-5,11H,1-2H3. The normalized spacial score (nSPS) is 10.6. The Kier molecular flexibility index (Phi) is 2.14. The van der Waals surface area contributed by atoms with E-state index in [0.717, 1.165) is 15.9 Å². The average Bonchev–Trinajstić information content (AvgIpc) is 2.58. The van der Waals surface area contributed by atoms with Gasteiger partial charge in [0.05, 0.1) is 23.8 Å². The molecule has 2 rings (SSSR count). The molecule has 2 aromatic heterocycles. The zero-order chi connectivity index (χ0) is 9.26. The highest BCUT2D eigenvalue weighted by Crippen LogP contribution is 2.23. The topological polar surface area (TPSA) is 37.9 Å². The van der Waals surface area contributed by atoms with Crippen molar-refractivity contribution in [3.8, 4) is 5.88 Å². The number of nitrogens with one attached hydrogen (secondary N) is 1. The summed E-state index contributed by atoms with van der Waals surface area (Å²) in [6.45, 7) is 0. The molecule has 0 amide bonds. The first-order valence-corrected chi connectivity index (χ1v) is 5.12. The summed E-state index contributed by atoms with van der Waals surface area (Å²) in [4.78, 5) is 7.35. The van der Waals surface area contributed by atoms with E-state index in [1.165, 1.54) is 0 Å². The van der Waals surface area contributed by atoms with Gasteiger partial charge in [0, 0.05) is 11.5 Å². The van der Waals surface area contributed by atoms with Crippen molar-refractivity contribution in [3.63, 3.8) is 0 Å². The lowest BCUT2D eigenvalue weighted by Gasteiger charge is -1.95. The minimum Gasteiger partial charge on any atom is -0.481 e. The first-order valence-electron chi connectivity index (χ1n) is 3.90. The van der Waals surface area contributed by atoms with E-state index >= 15 is 0 Å². The van der Waals surface area contributed by atoms with E-state index in [9.17, 15) is 0 Å². The zero-order valence-electron chi connectivity index (χ0n) is 7.50. The molecule has 0 radical (unpaired) electrons. The van der Waals surface area contributed by atoms with Crippen LogP contribution in [0.2, 0.25) is 0 Å². The Morgan fingerprint density at radius 3 is 3.00 bits per heavy atom. The van der Waals surface area contributed by atoms with Crippen LogP contribution in [0.5, 0.6) is 5.88 Å². The molecule has 0 spiro atoms. The van der Waals surface area contributed by atoms with Crippen molar-refractivity contribution in [1.29, 1.82) is 0 Å². The van der Waals surface area contributed by atoms with Gasteiger partial charge in [-0.2, -0.15) is 0 Å². The SMILES string of the molecule is COc1cc2cc(SC)[nH]c2cn1. The van der Waals surface area contributed by atoms with Crippen LogP contribution in [0.15, 0.2) is 23.4 Å². The van der Waals surface area contributed by atoms with E-state index in [4.69, 9.17) is 4.74 Å². The maximum Gasteiger partial charge on any atom is 0.213 e. The molecule has 0 bridgehead atoms. The summed E-state index contributed by atoms with van der Waals surface area (Å²) in [5.74, 6) is 0.652. The summed E-state index contributed by atoms with van der Waals surface area (Å²) in [6.07, 6.45) is 3.82. The highest BCUT2D eigenvalue weighted by molar-refractivity contribution is 7.98. The molecule has 0 aliphatic carbocycles. The molecule has 0 aliphatic rings. The van der Waals surface area contributed by atoms with Gasteiger partial charge in [-0.3, -0.25) is 0 Å². The van der Waals surface area contributed by atoms with Crippen LogP contribution in [0.3, 0.4) is 0 Å². The van der Waals surface area contributed by atoms with Crippen LogP contribution in [-0.2, 0) is 0 Å². The second-order valence-electron chi connectivity index (χ2n) is 2.65. The lowest BCUT2D eigenvalue weighted by Crippen LogP contribution is -1.85. The van der Waals surface area contributed by atoms with Crippen LogP contribution < -0.4 is 4.74 Å². The van der Waals surface area contributed by atoms with Crippen LogP contribution in [0.1, 0.15) is 0 Å². The minimum atomic E-state index is 0.652. The van der Waals surface area contributed by atoms with Crippen molar-refractivity contribution in [2.24, 2.45) is 0 Å². The van der Waals surface area contributed by atoms with Crippen molar-refractivity contribution in [1.82, 2.24) is 9.97 Å². The van der Waals surface area contributed by atoms with Gasteiger partial charge in [-0.15, -0.1) is 11.8 Å². The third-order valence-electron chi connectivity index (χ3n) is 1.88. The fraction of sp³-hybridized carbons (Fsp3) is 0.222. The molecule has 3 nitrogen and oxygen atoms in total. The monoisotopic (exact) mass is 194 g/mol. The number of rotatable bonds is 2. The van der Waals surface area contributed by atoms with Crippen molar-refractivity contribution >= 4 is 22.7 Å². The Balaban J connectivity index is 2.57. The molecule has 0 aromatic carbocycles. The number of thioether (sulfide) groups is 1. The van der Waals surface area contributed by atoms with Gasteiger partial charge in [0.15, 0.2) is 0 Å². The third-order valence-corrected chi connectivity index (χ3v) is 2.54. The fourth-order valence-corrected chi connectivity index (χ4v) is 1.66. The molecule has 0 aliphatic heterocycles. The van der Waals surface area contributed by atoms with Gasteiger partial charge in [-0.05, 0) is 12.3 Å². The van der Waals surface area contributed by atoms with Gasteiger partial charge in [0.1, 0.15) is 0 Å². The molecule has 0 saturated heterocycles. The molecular weight excluding hydrogens is 184 g/mol. The lowest BCUT2D eigenvalue weighted by atomic mass is 10.3. The van der Waals surface area contributed by atoms with Gasteiger partial charge >= 0.3 is 0 Å². The Hall–Kier alpha value is -1.16. The number of hydrogen-bond donors (Lipinski definition) is 1. The quantitative estimate of drug-likeness (QED) is 0.745. The van der Waals surface area contributed by atoms with E-state index in [0.29, 0.717) is 5.88 Å². The summed E-state index contributed by atoms with van der Waals surface area (Å²) < 4.78 is 5.03. The van der Waals surface area contributed by atoms with Crippen molar-refractivity contribution in [2.45, 2.75) is 5.03 Å². The maximum atomic E-state index is 5.03. The van der Waals surface area contributed by atoms with Crippen molar-refractivity contribution < 1.29 is 4.74 Å². The summed E-state index contributed by atoms with van der Waals surface area (Å²) in [5, 5.41) is 2.28. The summed E-state index contributed by atoms with van der Waals surface area (Å²) in [5.41, 5.74) is 1.05. The number of aromatic amines is 1. The van der Waals surface area contributed by atoms with E-state index in [2.05, 4.69) is 16.0 Å². The molecule has 0 atom stereocenters. The Morgan fingerprint density at radius 2 is 2.31 bits per heavy atom. The number of methoxy groups -OCH3 is 1. The molecule has 2 heterocycles. The highest BCUT2D eigenvalue weighted by atomic mass is 32.2. The van der Waals surface area contributed by atoms with Gasteiger partial charge in [0.2, 0.25) is 5.88 Å². The summed E-state index contributed by atoms with van der Waals surface area (Å²) in [6, 6.07) is 4.01. The van der Waals surface area contributed by atoms with Gasteiger partial charge in [-0.25, -0.2) is 4.98 Å². The predicted molar refractivity (Wildman–Crippen MR) is 54.4 cm³/mol. The van der Waals surface area contributed by atoms with Gasteiger partial charge < -0.3 is 9.72 Å². The first kappa shape index (κ1) is 8.44. The highest BCUT2D eigenvalue weighted by Gasteiger charge is 2.01. The molecule has 68 valence electrons. The van der Waals surface area contributed by atoms with E-state index < -0.39 is 0 Å². The number of pyridine rings is 1. The fourth-order valence-electron chi connectivity index (χ4n) is 1.21. The number of hydrogen-bond acceptors (Lipinski definition) is 3. The molecule has 0 unspecified atom stereocenters. The summed E-state index contributed by atoms with van der Waals surface area (Å²) in [7, 11) is 1.62. The van der Waals surface area contributed by atoms with E-state index in [-0.39, 0.29) is 0 Å². The number of aromatic nitrogens is 2. The van der Waals surface area contributed by atoms with Crippen LogP contribution >= 0.6 is 11.8 Å². The molecule has 0 fully saturated rings.